The molecule has 0 atom stereocenters. The van der Waals surface area contributed by atoms with E-state index in [1.54, 1.807) is 0 Å². The summed E-state index contributed by atoms with van der Waals surface area (Å²) in [7, 11) is 0. The Bertz CT molecular complexity index is 277. The van der Waals surface area contributed by atoms with Gasteiger partial charge >= 0.3 is 0 Å². The van der Waals surface area contributed by atoms with Crippen molar-refractivity contribution in [1.29, 1.82) is 0 Å². The molecule has 0 saturated heterocycles. The van der Waals surface area contributed by atoms with Gasteiger partial charge in [-0.05, 0) is 40.3 Å². The molecule has 0 saturated carbocycles. The molecule has 0 radical (unpaired) electrons. The molecular weight excluding hydrogens is 324 g/mol. The van der Waals surface area contributed by atoms with Crippen molar-refractivity contribution < 1.29 is 4.39 Å². The van der Waals surface area contributed by atoms with E-state index >= 15 is 0 Å². The van der Waals surface area contributed by atoms with Crippen LogP contribution in [0.4, 0.5) is 4.39 Å². The van der Waals surface area contributed by atoms with Crippen LogP contribution in [0.25, 0.3) is 0 Å². The van der Waals surface area contributed by atoms with E-state index in [1.807, 2.05) is 28.7 Å². The average molecular weight is 330 g/mol. The molecule has 0 aliphatic heterocycles. The van der Waals surface area contributed by atoms with Crippen molar-refractivity contribution in [3.8, 4) is 0 Å². The minimum atomic E-state index is -0.222. The highest BCUT2D eigenvalue weighted by Crippen LogP contribution is 2.21. The number of hydrogen-bond acceptors (Lipinski definition) is 1. The lowest BCUT2D eigenvalue weighted by atomic mass is 10.2. The maximum Gasteiger partial charge on any atom is 0.137 e. The van der Waals surface area contributed by atoms with Gasteiger partial charge in [0.25, 0.3) is 0 Å². The lowest BCUT2D eigenvalue weighted by molar-refractivity contribution is 0.616. The predicted octanol–water partition coefficient (Wildman–Crippen LogP) is 2.65. The molecule has 1 rings (SSSR count). The zero-order valence-corrected chi connectivity index (χ0v) is 9.32. The van der Waals surface area contributed by atoms with Gasteiger partial charge in [-0.3, -0.25) is 0 Å². The first-order valence-electron chi connectivity index (χ1n) is 2.98. The largest absolute Gasteiger partial charge is 0.326 e. The first-order chi connectivity index (χ1) is 5.15. The Kier molecular flexibility index (Phi) is 3.27. The van der Waals surface area contributed by atoms with Crippen molar-refractivity contribution in [2.24, 2.45) is 5.73 Å². The van der Waals surface area contributed by atoms with E-state index in [1.165, 1.54) is 6.07 Å². The van der Waals surface area contributed by atoms with Gasteiger partial charge in [-0.15, -0.1) is 0 Å². The third-order valence-electron chi connectivity index (χ3n) is 1.29. The molecule has 0 aliphatic rings. The molecule has 0 aliphatic carbocycles. The van der Waals surface area contributed by atoms with Crippen molar-refractivity contribution >= 4 is 38.5 Å². The summed E-state index contributed by atoms with van der Waals surface area (Å²) < 4.78 is 14.3. The van der Waals surface area contributed by atoms with Gasteiger partial charge in [0.15, 0.2) is 0 Å². The van der Waals surface area contributed by atoms with E-state index in [-0.39, 0.29) is 5.82 Å². The lowest BCUT2D eigenvalue weighted by Gasteiger charge is -2.02. The molecule has 0 unspecified atom stereocenters. The Morgan fingerprint density at radius 3 is 2.73 bits per heavy atom. The standard InChI is InChI=1S/C7H6BrFIN/c8-5-1-4(3-11)7(10)6(9)2-5/h1-2H,3,11H2. The SMILES string of the molecule is NCc1cc(Br)cc(F)c1I. The number of benzene rings is 1. The van der Waals surface area contributed by atoms with E-state index in [2.05, 4.69) is 15.9 Å². The molecule has 60 valence electrons. The fraction of sp³-hybridized carbons (Fsp3) is 0.143. The molecule has 0 aromatic heterocycles. The normalized spacial score (nSPS) is 10.2. The highest BCUT2D eigenvalue weighted by Gasteiger charge is 2.04. The van der Waals surface area contributed by atoms with Crippen LogP contribution in [-0.2, 0) is 6.54 Å². The third kappa shape index (κ3) is 2.13. The second kappa shape index (κ2) is 3.82. The smallest absolute Gasteiger partial charge is 0.137 e. The van der Waals surface area contributed by atoms with Crippen molar-refractivity contribution in [3.63, 3.8) is 0 Å². The maximum atomic E-state index is 12.9. The zero-order chi connectivity index (χ0) is 8.43. The molecule has 1 aromatic carbocycles. The van der Waals surface area contributed by atoms with Crippen LogP contribution in [0, 0.1) is 9.39 Å². The van der Waals surface area contributed by atoms with Gasteiger partial charge in [-0.1, -0.05) is 15.9 Å². The van der Waals surface area contributed by atoms with Gasteiger partial charge in [-0.25, -0.2) is 4.39 Å². The molecule has 4 heteroatoms. The highest BCUT2D eigenvalue weighted by atomic mass is 127. The lowest BCUT2D eigenvalue weighted by Crippen LogP contribution is -2.00. The Balaban J connectivity index is 3.24. The topological polar surface area (TPSA) is 26.0 Å². The summed E-state index contributed by atoms with van der Waals surface area (Å²) in [4.78, 5) is 0. The maximum absolute atomic E-state index is 12.9. The Morgan fingerprint density at radius 1 is 1.55 bits per heavy atom. The van der Waals surface area contributed by atoms with Gasteiger partial charge in [-0.2, -0.15) is 0 Å². The molecule has 0 spiro atoms. The van der Waals surface area contributed by atoms with Crippen molar-refractivity contribution in [2.45, 2.75) is 6.54 Å². The summed E-state index contributed by atoms with van der Waals surface area (Å²) in [5.41, 5.74) is 6.23. The monoisotopic (exact) mass is 329 g/mol. The molecule has 0 fully saturated rings. The van der Waals surface area contributed by atoms with Crippen LogP contribution in [0.2, 0.25) is 0 Å². The Morgan fingerprint density at radius 2 is 2.18 bits per heavy atom. The molecule has 2 N–H and O–H groups in total. The fourth-order valence-corrected chi connectivity index (χ4v) is 1.77. The molecule has 0 amide bonds. The van der Waals surface area contributed by atoms with Gasteiger partial charge in [0.1, 0.15) is 5.82 Å². The van der Waals surface area contributed by atoms with E-state index in [0.717, 1.165) is 10.0 Å². The molecular formula is C7H6BrFIN. The highest BCUT2D eigenvalue weighted by molar-refractivity contribution is 14.1. The summed E-state index contributed by atoms with van der Waals surface area (Å²) >= 11 is 5.13. The summed E-state index contributed by atoms with van der Waals surface area (Å²) in [6.45, 7) is 0.370. The second-order valence-corrected chi connectivity index (χ2v) is 4.06. The first kappa shape index (κ1) is 9.41. The van der Waals surface area contributed by atoms with Gasteiger partial charge in [0.2, 0.25) is 0 Å². The van der Waals surface area contributed by atoms with Crippen molar-refractivity contribution in [3.05, 3.63) is 31.6 Å². The number of rotatable bonds is 1. The van der Waals surface area contributed by atoms with Crippen LogP contribution in [0.15, 0.2) is 16.6 Å². The number of halogens is 3. The fourth-order valence-electron chi connectivity index (χ4n) is 0.758. The second-order valence-electron chi connectivity index (χ2n) is 2.06. The minimum absolute atomic E-state index is 0.222. The Labute approximate surface area is 86.4 Å². The van der Waals surface area contributed by atoms with Gasteiger partial charge in [0.05, 0.1) is 3.57 Å². The van der Waals surface area contributed by atoms with Crippen LogP contribution < -0.4 is 5.73 Å². The van der Waals surface area contributed by atoms with Gasteiger partial charge in [0, 0.05) is 11.0 Å². The Hall–Kier alpha value is 0.320. The van der Waals surface area contributed by atoms with Gasteiger partial charge < -0.3 is 5.73 Å². The van der Waals surface area contributed by atoms with E-state index in [0.29, 0.717) is 10.1 Å². The van der Waals surface area contributed by atoms with Crippen molar-refractivity contribution in [1.82, 2.24) is 0 Å². The van der Waals surface area contributed by atoms with Crippen LogP contribution in [0.1, 0.15) is 5.56 Å². The first-order valence-corrected chi connectivity index (χ1v) is 4.86. The predicted molar refractivity (Wildman–Crippen MR) is 54.7 cm³/mol. The van der Waals surface area contributed by atoms with Crippen LogP contribution >= 0.6 is 38.5 Å². The van der Waals surface area contributed by atoms with Crippen molar-refractivity contribution in [2.75, 3.05) is 0 Å². The molecule has 0 bridgehead atoms. The number of nitrogens with two attached hydrogens (primary N) is 1. The summed E-state index contributed by atoms with van der Waals surface area (Å²) in [6.07, 6.45) is 0. The van der Waals surface area contributed by atoms with Crippen LogP contribution in [-0.4, -0.2) is 0 Å². The average Bonchev–Trinajstić information content (AvgIpc) is 1.96. The van der Waals surface area contributed by atoms with E-state index in [4.69, 9.17) is 5.73 Å². The molecule has 1 aromatic rings. The molecule has 0 heterocycles. The summed E-state index contributed by atoms with van der Waals surface area (Å²) in [5, 5.41) is 0. The minimum Gasteiger partial charge on any atom is -0.326 e. The molecule has 1 nitrogen and oxygen atoms in total. The summed E-state index contributed by atoms with van der Waals surface area (Å²) in [5.74, 6) is -0.222. The van der Waals surface area contributed by atoms with E-state index < -0.39 is 0 Å². The quantitative estimate of drug-likeness (QED) is 0.622. The van der Waals surface area contributed by atoms with E-state index in [9.17, 15) is 4.39 Å². The summed E-state index contributed by atoms with van der Waals surface area (Å²) in [6, 6.07) is 3.26. The third-order valence-corrected chi connectivity index (χ3v) is 2.95. The van der Waals surface area contributed by atoms with Crippen LogP contribution in [0.3, 0.4) is 0 Å². The zero-order valence-electron chi connectivity index (χ0n) is 5.57. The molecule has 11 heavy (non-hydrogen) atoms. The number of hydrogen-bond donors (Lipinski definition) is 1. The van der Waals surface area contributed by atoms with Crippen LogP contribution in [0.5, 0.6) is 0 Å².